The van der Waals surface area contributed by atoms with Crippen molar-refractivity contribution in [3.05, 3.63) is 24.5 Å². The summed E-state index contributed by atoms with van der Waals surface area (Å²) in [4.78, 5) is 13.0. The number of hydrogen-bond acceptors (Lipinski definition) is 7. The number of anilines is 1. The fourth-order valence-corrected chi connectivity index (χ4v) is 4.90. The van der Waals surface area contributed by atoms with Gasteiger partial charge in [0.15, 0.2) is 9.84 Å². The molecule has 0 bridgehead atoms. The van der Waals surface area contributed by atoms with Crippen LogP contribution >= 0.6 is 0 Å². The second-order valence-corrected chi connectivity index (χ2v) is 8.86. The van der Waals surface area contributed by atoms with Gasteiger partial charge in [0.1, 0.15) is 17.9 Å². The minimum Gasteiger partial charge on any atom is -0.497 e. The number of hydrogen-bond donors (Lipinski definition) is 0. The average molecular weight is 364 g/mol. The van der Waals surface area contributed by atoms with E-state index < -0.39 is 9.84 Å². The van der Waals surface area contributed by atoms with Gasteiger partial charge in [-0.2, -0.15) is 0 Å². The maximum Gasteiger partial charge on any atom is 0.152 e. The molecule has 1 unspecified atom stereocenters. The minimum atomic E-state index is -2.98. The van der Waals surface area contributed by atoms with Crippen molar-refractivity contribution in [3.63, 3.8) is 0 Å². The van der Waals surface area contributed by atoms with Gasteiger partial charge < -0.3 is 14.5 Å². The Hall–Kier alpha value is -1.93. The molecule has 0 N–H and O–H groups in total. The first kappa shape index (κ1) is 17.9. The van der Waals surface area contributed by atoms with Crippen LogP contribution in [0.1, 0.15) is 6.42 Å². The Balaban J connectivity index is 2.04. The topological polar surface area (TPSA) is 75.6 Å². The normalized spacial score (nSPS) is 19.4. The van der Waals surface area contributed by atoms with E-state index in [9.17, 15) is 8.42 Å². The predicted octanol–water partition coefficient (Wildman–Crippen LogP) is 1.19. The molecule has 1 aliphatic rings. The Morgan fingerprint density at radius 2 is 2.04 bits per heavy atom. The smallest absolute Gasteiger partial charge is 0.152 e. The zero-order valence-corrected chi connectivity index (χ0v) is 15.7. The van der Waals surface area contributed by atoms with E-state index in [2.05, 4.69) is 19.8 Å². The molecule has 2 aromatic rings. The number of methoxy groups -OCH3 is 1. The van der Waals surface area contributed by atoms with Crippen LogP contribution in [0.4, 0.5) is 5.82 Å². The number of aromatic nitrogens is 2. The van der Waals surface area contributed by atoms with E-state index in [1.54, 1.807) is 7.11 Å². The molecule has 7 nitrogen and oxygen atoms in total. The number of nitrogens with zero attached hydrogens (tertiary/aromatic N) is 4. The number of sulfone groups is 1. The van der Waals surface area contributed by atoms with Crippen LogP contribution in [0.15, 0.2) is 24.5 Å². The summed E-state index contributed by atoms with van der Waals surface area (Å²) in [7, 11) is 2.66. The Kier molecular flexibility index (Phi) is 5.10. The number of ether oxygens (including phenoxy) is 1. The first-order chi connectivity index (χ1) is 11.9. The van der Waals surface area contributed by atoms with E-state index in [0.29, 0.717) is 13.0 Å². The van der Waals surface area contributed by atoms with Crippen LogP contribution in [0.25, 0.3) is 10.9 Å². The lowest BCUT2D eigenvalue weighted by Crippen LogP contribution is -2.41. The molecule has 1 aromatic carbocycles. The zero-order valence-electron chi connectivity index (χ0n) is 14.8. The van der Waals surface area contributed by atoms with Gasteiger partial charge in [-0.15, -0.1) is 0 Å². The largest absolute Gasteiger partial charge is 0.497 e. The van der Waals surface area contributed by atoms with E-state index in [1.807, 2.05) is 32.3 Å². The number of rotatable bonds is 6. The van der Waals surface area contributed by atoms with E-state index in [1.165, 1.54) is 6.33 Å². The van der Waals surface area contributed by atoms with E-state index in [-0.39, 0.29) is 17.5 Å². The van der Waals surface area contributed by atoms with E-state index >= 15 is 0 Å². The van der Waals surface area contributed by atoms with Gasteiger partial charge >= 0.3 is 0 Å². The van der Waals surface area contributed by atoms with Gasteiger partial charge in [-0.05, 0) is 38.7 Å². The van der Waals surface area contributed by atoms with Gasteiger partial charge in [0.05, 0.1) is 24.1 Å². The summed E-state index contributed by atoms with van der Waals surface area (Å²) in [5.41, 5.74) is 0.821. The molecule has 1 aliphatic heterocycles. The van der Waals surface area contributed by atoms with Gasteiger partial charge in [-0.1, -0.05) is 0 Å². The molecule has 8 heteroatoms. The van der Waals surface area contributed by atoms with Crippen molar-refractivity contribution in [1.82, 2.24) is 14.9 Å². The van der Waals surface area contributed by atoms with Crippen LogP contribution < -0.4 is 9.64 Å². The molecule has 136 valence electrons. The molecular weight excluding hydrogens is 340 g/mol. The molecule has 1 fully saturated rings. The molecule has 0 radical (unpaired) electrons. The van der Waals surface area contributed by atoms with Crippen molar-refractivity contribution in [3.8, 4) is 5.75 Å². The summed E-state index contributed by atoms with van der Waals surface area (Å²) in [6, 6.07) is 5.61. The van der Waals surface area contributed by atoms with Gasteiger partial charge in [0.25, 0.3) is 0 Å². The number of likely N-dealkylation sites (N-methyl/N-ethyl adjacent to an activating group) is 1. The number of benzene rings is 1. The molecule has 0 saturated carbocycles. The monoisotopic (exact) mass is 364 g/mol. The fraction of sp³-hybridized carbons (Fsp3) is 0.529. The van der Waals surface area contributed by atoms with E-state index in [4.69, 9.17) is 4.74 Å². The third-order valence-electron chi connectivity index (χ3n) is 4.53. The van der Waals surface area contributed by atoms with Crippen molar-refractivity contribution in [2.75, 3.05) is 50.7 Å². The quantitative estimate of drug-likeness (QED) is 0.762. The van der Waals surface area contributed by atoms with Crippen molar-refractivity contribution in [1.29, 1.82) is 0 Å². The Morgan fingerprint density at radius 3 is 2.68 bits per heavy atom. The Labute approximate surface area is 148 Å². The summed E-state index contributed by atoms with van der Waals surface area (Å²) >= 11 is 0. The second-order valence-electron chi connectivity index (χ2n) is 6.63. The highest BCUT2D eigenvalue weighted by molar-refractivity contribution is 7.91. The molecule has 0 spiro atoms. The highest BCUT2D eigenvalue weighted by Crippen LogP contribution is 2.30. The maximum absolute atomic E-state index is 12.0. The van der Waals surface area contributed by atoms with Gasteiger partial charge in [0.2, 0.25) is 0 Å². The lowest BCUT2D eigenvalue weighted by Gasteiger charge is -2.31. The highest BCUT2D eigenvalue weighted by Gasteiger charge is 2.33. The van der Waals surface area contributed by atoms with Crippen LogP contribution in [0, 0.1) is 0 Å². The average Bonchev–Trinajstić information content (AvgIpc) is 2.94. The lowest BCUT2D eigenvalue weighted by molar-refractivity contribution is 0.406. The summed E-state index contributed by atoms with van der Waals surface area (Å²) < 4.78 is 29.3. The SMILES string of the molecule is COc1ccc2ncnc(N(CCN(C)C)C3CCS(=O)(=O)C3)c2c1. The molecule has 25 heavy (non-hydrogen) atoms. The fourth-order valence-electron chi connectivity index (χ4n) is 3.17. The third-order valence-corrected chi connectivity index (χ3v) is 6.28. The first-order valence-corrected chi connectivity index (χ1v) is 10.1. The summed E-state index contributed by atoms with van der Waals surface area (Å²) in [5.74, 6) is 1.92. The Bertz CT molecular complexity index is 854. The molecule has 1 saturated heterocycles. The molecular formula is C17H24N4O3S. The summed E-state index contributed by atoms with van der Waals surface area (Å²) in [6.45, 7) is 1.52. The van der Waals surface area contributed by atoms with Crippen molar-refractivity contribution in [2.45, 2.75) is 12.5 Å². The molecule has 0 aliphatic carbocycles. The van der Waals surface area contributed by atoms with Crippen molar-refractivity contribution < 1.29 is 13.2 Å². The highest BCUT2D eigenvalue weighted by atomic mass is 32.2. The molecule has 1 atom stereocenters. The van der Waals surface area contributed by atoms with E-state index in [0.717, 1.165) is 29.0 Å². The second kappa shape index (κ2) is 7.13. The van der Waals surface area contributed by atoms with Gasteiger partial charge in [-0.3, -0.25) is 0 Å². The molecule has 3 rings (SSSR count). The van der Waals surface area contributed by atoms with Crippen LogP contribution in [0.2, 0.25) is 0 Å². The number of fused-ring (bicyclic) bond motifs is 1. The molecule has 0 amide bonds. The van der Waals surface area contributed by atoms with Crippen LogP contribution in [0.5, 0.6) is 5.75 Å². The first-order valence-electron chi connectivity index (χ1n) is 8.30. The van der Waals surface area contributed by atoms with Crippen LogP contribution in [-0.4, -0.2) is 75.1 Å². The van der Waals surface area contributed by atoms with Crippen LogP contribution in [0.3, 0.4) is 0 Å². The summed E-state index contributed by atoms with van der Waals surface area (Å²) in [6.07, 6.45) is 2.17. The molecule has 1 aromatic heterocycles. The van der Waals surface area contributed by atoms with Crippen LogP contribution in [-0.2, 0) is 9.84 Å². The lowest BCUT2D eigenvalue weighted by atomic mass is 10.1. The predicted molar refractivity (Wildman–Crippen MR) is 99.0 cm³/mol. The maximum atomic E-state index is 12.0. The molecule has 2 heterocycles. The minimum absolute atomic E-state index is 0.0609. The Morgan fingerprint density at radius 1 is 1.24 bits per heavy atom. The summed E-state index contributed by atoms with van der Waals surface area (Å²) in [5, 5.41) is 0.880. The van der Waals surface area contributed by atoms with Crippen molar-refractivity contribution >= 4 is 26.6 Å². The van der Waals surface area contributed by atoms with Crippen molar-refractivity contribution in [2.24, 2.45) is 0 Å². The third kappa shape index (κ3) is 4.01. The van der Waals surface area contributed by atoms with Gasteiger partial charge in [0, 0.05) is 24.5 Å². The zero-order chi connectivity index (χ0) is 18.0. The van der Waals surface area contributed by atoms with Gasteiger partial charge in [-0.25, -0.2) is 18.4 Å². The standard InChI is InChI=1S/C17H24N4O3S/c1-20(2)7-8-21(13-6-9-25(22,23)11-13)17-15-10-14(24-3)4-5-16(15)18-12-19-17/h4-5,10,12-13H,6-9,11H2,1-3H3.